The summed E-state index contributed by atoms with van der Waals surface area (Å²) in [6.07, 6.45) is 0.944. The van der Waals surface area contributed by atoms with Crippen LogP contribution in [0.1, 0.15) is 43.7 Å². The smallest absolute Gasteiger partial charge is 0.341 e. The van der Waals surface area contributed by atoms with E-state index in [1.54, 1.807) is 24.3 Å². The molecule has 0 saturated carbocycles. The summed E-state index contributed by atoms with van der Waals surface area (Å²) < 4.78 is 5.17. The summed E-state index contributed by atoms with van der Waals surface area (Å²) in [7, 11) is 0. The molecule has 0 spiro atoms. The molecule has 0 saturated heterocycles. The van der Waals surface area contributed by atoms with E-state index in [2.05, 4.69) is 15.3 Å². The van der Waals surface area contributed by atoms with E-state index in [1.807, 2.05) is 13.8 Å². The molecule has 1 aromatic heterocycles. The number of rotatable bonds is 4. The Morgan fingerprint density at radius 1 is 1.13 bits per heavy atom. The van der Waals surface area contributed by atoms with Crippen LogP contribution < -0.4 is 21.3 Å². The number of nitrogens with one attached hydrogen (secondary N) is 3. The zero-order valence-corrected chi connectivity index (χ0v) is 16.5. The van der Waals surface area contributed by atoms with Crippen LogP contribution in [0.2, 0.25) is 0 Å². The van der Waals surface area contributed by atoms with Gasteiger partial charge in [-0.3, -0.25) is 19.6 Å². The van der Waals surface area contributed by atoms with Gasteiger partial charge >= 0.3 is 11.7 Å². The third-order valence-corrected chi connectivity index (χ3v) is 5.33. The first-order chi connectivity index (χ1) is 14.1. The van der Waals surface area contributed by atoms with E-state index in [0.29, 0.717) is 35.4 Å². The maximum Gasteiger partial charge on any atom is 0.341 e. The lowest BCUT2D eigenvalue weighted by Crippen LogP contribution is -2.38. The predicted molar refractivity (Wildman–Crippen MR) is 108 cm³/mol. The molecule has 1 atom stereocenters. The first-order valence-corrected chi connectivity index (χ1v) is 9.49. The summed E-state index contributed by atoms with van der Waals surface area (Å²) in [4.78, 5) is 53.2. The number of carbonyl (C=O) groups is 2. The van der Waals surface area contributed by atoms with Gasteiger partial charge in [0, 0.05) is 23.6 Å². The summed E-state index contributed by atoms with van der Waals surface area (Å²) in [5.74, 6) is -1.16. The van der Waals surface area contributed by atoms with E-state index in [4.69, 9.17) is 9.84 Å². The number of aliphatic carboxylic acids is 1. The van der Waals surface area contributed by atoms with Crippen molar-refractivity contribution in [1.29, 1.82) is 0 Å². The molecule has 4 N–H and O–H groups in total. The second-order valence-electron chi connectivity index (χ2n) is 8.34. The predicted octanol–water partition coefficient (Wildman–Crippen LogP) is 1.73. The fraction of sp³-hybridized carbons (Fsp3) is 0.333. The number of ketones is 1. The number of carboxylic acid groups (broad SMARTS) is 1. The minimum Gasteiger partial charge on any atom is -0.482 e. The molecule has 0 radical (unpaired) electrons. The molecular weight excluding hydrogens is 390 g/mol. The maximum absolute atomic E-state index is 13.1. The van der Waals surface area contributed by atoms with Crippen LogP contribution >= 0.6 is 0 Å². The summed E-state index contributed by atoms with van der Waals surface area (Å²) in [5.41, 5.74) is 0.689. The minimum atomic E-state index is -1.09. The molecule has 2 aromatic rings. The van der Waals surface area contributed by atoms with Crippen molar-refractivity contribution in [2.24, 2.45) is 5.41 Å². The number of aromatic amines is 2. The van der Waals surface area contributed by atoms with Gasteiger partial charge < -0.3 is 15.2 Å². The van der Waals surface area contributed by atoms with E-state index < -0.39 is 29.7 Å². The van der Waals surface area contributed by atoms with Gasteiger partial charge in [0.25, 0.3) is 5.56 Å². The highest BCUT2D eigenvalue weighted by Crippen LogP contribution is 2.47. The average molecular weight is 411 g/mol. The minimum absolute atomic E-state index is 0.0544. The van der Waals surface area contributed by atoms with Crippen LogP contribution in [0.25, 0.3) is 0 Å². The molecule has 0 bridgehead atoms. The van der Waals surface area contributed by atoms with Gasteiger partial charge in [-0.1, -0.05) is 26.0 Å². The Morgan fingerprint density at radius 3 is 2.50 bits per heavy atom. The molecule has 30 heavy (non-hydrogen) atoms. The van der Waals surface area contributed by atoms with Crippen LogP contribution in [0.3, 0.4) is 0 Å². The van der Waals surface area contributed by atoms with Crippen LogP contribution in [0.15, 0.2) is 45.1 Å². The monoisotopic (exact) mass is 411 g/mol. The SMILES string of the molecule is CC1(C)CC(=O)C2=C(C1)Nc1[nH]c(=O)[nH]c(=O)c1[C@H]2c1ccc(OCC(=O)O)cc1. The van der Waals surface area contributed by atoms with Crippen molar-refractivity contribution < 1.29 is 19.4 Å². The highest BCUT2D eigenvalue weighted by atomic mass is 16.5. The number of Topliss-reactive ketones (excluding diaryl/α,β-unsaturated/α-hetero) is 1. The fourth-order valence-corrected chi connectivity index (χ4v) is 4.18. The van der Waals surface area contributed by atoms with Crippen molar-refractivity contribution in [3.8, 4) is 5.75 Å². The lowest BCUT2D eigenvalue weighted by atomic mass is 9.69. The number of hydrogen-bond acceptors (Lipinski definition) is 6. The molecule has 1 aromatic carbocycles. The Bertz CT molecular complexity index is 1190. The van der Waals surface area contributed by atoms with Gasteiger partial charge in [-0.15, -0.1) is 0 Å². The van der Waals surface area contributed by atoms with Gasteiger partial charge in [-0.25, -0.2) is 9.59 Å². The third kappa shape index (κ3) is 3.54. The second-order valence-corrected chi connectivity index (χ2v) is 8.34. The highest BCUT2D eigenvalue weighted by molar-refractivity contribution is 6.01. The lowest BCUT2D eigenvalue weighted by Gasteiger charge is -2.38. The van der Waals surface area contributed by atoms with Gasteiger partial charge in [-0.2, -0.15) is 0 Å². The molecule has 0 amide bonds. The molecule has 4 rings (SSSR count). The highest BCUT2D eigenvalue weighted by Gasteiger charge is 2.42. The topological polar surface area (TPSA) is 141 Å². The average Bonchev–Trinajstić information content (AvgIpc) is 2.64. The second kappa shape index (κ2) is 7.01. The number of H-pyrrole nitrogens is 2. The molecule has 9 heteroatoms. The van der Waals surface area contributed by atoms with Gasteiger partial charge in [0.05, 0.1) is 5.56 Å². The first kappa shape index (κ1) is 19.7. The number of allylic oxidation sites excluding steroid dienone is 2. The zero-order chi connectivity index (χ0) is 21.6. The summed E-state index contributed by atoms with van der Waals surface area (Å²) in [5, 5.41) is 11.9. The maximum atomic E-state index is 13.1. The Hall–Kier alpha value is -3.62. The standard InChI is InChI=1S/C21H21N3O6/c1-21(2)7-12-16(13(25)8-21)15(17-18(22-12)23-20(29)24-19(17)28)10-3-5-11(6-4-10)30-9-14(26)27/h3-6,15H,7-9H2,1-2H3,(H,26,27)(H3,22,23,24,28,29)/t15-/m0/s1. The Morgan fingerprint density at radius 2 is 1.83 bits per heavy atom. The van der Waals surface area contributed by atoms with Crippen LogP contribution in [0.4, 0.5) is 5.82 Å². The van der Waals surface area contributed by atoms with Crippen LogP contribution in [0, 0.1) is 5.41 Å². The number of carbonyl (C=O) groups excluding carboxylic acids is 1. The molecule has 0 fully saturated rings. The van der Waals surface area contributed by atoms with Crippen LogP contribution in [0.5, 0.6) is 5.75 Å². The van der Waals surface area contributed by atoms with Gasteiger partial charge in [0.2, 0.25) is 0 Å². The van der Waals surface area contributed by atoms with E-state index >= 15 is 0 Å². The number of hydrogen-bond donors (Lipinski definition) is 4. The molecule has 2 heterocycles. The number of ether oxygens (including phenoxy) is 1. The quantitative estimate of drug-likeness (QED) is 0.600. The molecular formula is C21H21N3O6. The van der Waals surface area contributed by atoms with Gasteiger partial charge in [0.1, 0.15) is 11.6 Å². The van der Waals surface area contributed by atoms with Crippen LogP contribution in [-0.4, -0.2) is 33.4 Å². The molecule has 2 aliphatic rings. The molecule has 1 aliphatic heterocycles. The molecule has 1 aliphatic carbocycles. The van der Waals surface area contributed by atoms with Crippen molar-refractivity contribution >= 4 is 17.6 Å². The largest absolute Gasteiger partial charge is 0.482 e. The molecule has 9 nitrogen and oxygen atoms in total. The third-order valence-electron chi connectivity index (χ3n) is 5.33. The fourth-order valence-electron chi connectivity index (χ4n) is 4.18. The summed E-state index contributed by atoms with van der Waals surface area (Å²) in [6, 6.07) is 6.58. The Labute approximate surface area is 170 Å². The Balaban J connectivity index is 1.84. The number of anilines is 1. The first-order valence-electron chi connectivity index (χ1n) is 9.49. The normalized spacial score (nSPS) is 19.5. The van der Waals surface area contributed by atoms with Gasteiger partial charge in [0.15, 0.2) is 12.4 Å². The number of fused-ring (bicyclic) bond motifs is 1. The van der Waals surface area contributed by atoms with Crippen molar-refractivity contribution in [1.82, 2.24) is 9.97 Å². The zero-order valence-electron chi connectivity index (χ0n) is 16.5. The van der Waals surface area contributed by atoms with Crippen LogP contribution in [-0.2, 0) is 9.59 Å². The number of aromatic nitrogens is 2. The number of carboxylic acids is 1. The van der Waals surface area contributed by atoms with E-state index in [9.17, 15) is 19.2 Å². The summed E-state index contributed by atoms with van der Waals surface area (Å²) in [6.45, 7) is 3.52. The Kier molecular flexibility index (Phi) is 4.60. The lowest BCUT2D eigenvalue weighted by molar-refractivity contribution is -0.139. The van der Waals surface area contributed by atoms with E-state index in [1.165, 1.54) is 0 Å². The molecule has 156 valence electrons. The molecule has 0 unspecified atom stereocenters. The van der Waals surface area contributed by atoms with Crippen molar-refractivity contribution in [2.75, 3.05) is 11.9 Å². The van der Waals surface area contributed by atoms with Crippen molar-refractivity contribution in [3.63, 3.8) is 0 Å². The van der Waals surface area contributed by atoms with Crippen molar-refractivity contribution in [3.05, 3.63) is 67.5 Å². The summed E-state index contributed by atoms with van der Waals surface area (Å²) >= 11 is 0. The van der Waals surface area contributed by atoms with Crippen molar-refractivity contribution in [2.45, 2.75) is 32.6 Å². The number of benzene rings is 1. The van der Waals surface area contributed by atoms with E-state index in [-0.39, 0.29) is 22.6 Å². The van der Waals surface area contributed by atoms with Gasteiger partial charge in [-0.05, 0) is 29.5 Å². The van der Waals surface area contributed by atoms with E-state index in [0.717, 1.165) is 0 Å².